The Morgan fingerprint density at radius 3 is 2.54 bits per heavy atom. The highest BCUT2D eigenvalue weighted by atomic mass is 16.2. The van der Waals surface area contributed by atoms with Crippen LogP contribution in [0, 0.1) is 5.92 Å². The van der Waals surface area contributed by atoms with Gasteiger partial charge < -0.3 is 5.32 Å². The van der Waals surface area contributed by atoms with E-state index in [1.807, 2.05) is 0 Å². The molecule has 0 unspecified atom stereocenters. The van der Waals surface area contributed by atoms with Crippen molar-refractivity contribution in [2.45, 2.75) is 44.4 Å². The Bertz CT molecular complexity index is 619. The van der Waals surface area contributed by atoms with Gasteiger partial charge in [-0.15, -0.1) is 0 Å². The Morgan fingerprint density at radius 1 is 1.21 bits per heavy atom. The molecule has 1 aliphatic heterocycles. The van der Waals surface area contributed by atoms with Crippen LogP contribution in [-0.2, 0) is 9.59 Å². The van der Waals surface area contributed by atoms with Crippen LogP contribution in [0.15, 0.2) is 35.4 Å². The van der Waals surface area contributed by atoms with Crippen LogP contribution in [0.2, 0.25) is 0 Å². The first-order chi connectivity index (χ1) is 11.6. The lowest BCUT2D eigenvalue weighted by atomic mass is 9.79. The van der Waals surface area contributed by atoms with Crippen LogP contribution in [0.4, 0.5) is 0 Å². The van der Waals surface area contributed by atoms with Crippen LogP contribution in [-0.4, -0.2) is 36.1 Å². The molecule has 0 radical (unpaired) electrons. The minimum Gasteiger partial charge on any atom is -0.355 e. The molecule has 1 saturated carbocycles. The highest BCUT2D eigenvalue weighted by Gasteiger charge is 2.24. The summed E-state index contributed by atoms with van der Waals surface area (Å²) in [7, 11) is 1.62. The zero-order chi connectivity index (χ0) is 16.9. The van der Waals surface area contributed by atoms with Crippen LogP contribution < -0.4 is 5.32 Å². The van der Waals surface area contributed by atoms with Gasteiger partial charge in [0.05, 0.1) is 18.6 Å². The summed E-state index contributed by atoms with van der Waals surface area (Å²) >= 11 is 0. The van der Waals surface area contributed by atoms with E-state index in [1.54, 1.807) is 7.05 Å². The van der Waals surface area contributed by atoms with Gasteiger partial charge >= 0.3 is 0 Å². The lowest BCUT2D eigenvalue weighted by Gasteiger charge is -2.29. The number of nitrogens with one attached hydrogen (secondary N) is 1. The first-order valence-electron chi connectivity index (χ1n) is 8.76. The molecule has 1 N–H and O–H groups in total. The van der Waals surface area contributed by atoms with Crippen molar-refractivity contribution >= 4 is 17.5 Å². The average Bonchev–Trinajstić information content (AvgIpc) is 2.92. The van der Waals surface area contributed by atoms with Crippen molar-refractivity contribution < 1.29 is 9.59 Å². The van der Waals surface area contributed by atoms with Crippen molar-refractivity contribution in [2.75, 3.05) is 13.6 Å². The second kappa shape index (κ2) is 7.60. The molecule has 1 aromatic carbocycles. The fourth-order valence-corrected chi connectivity index (χ4v) is 3.62. The first-order valence-corrected chi connectivity index (χ1v) is 8.76. The molecule has 2 amide bonds. The lowest BCUT2D eigenvalue weighted by molar-refractivity contribution is -0.127. The second-order valence-electron chi connectivity index (χ2n) is 6.87. The fourth-order valence-electron chi connectivity index (χ4n) is 3.62. The quantitative estimate of drug-likeness (QED) is 0.904. The predicted molar refractivity (Wildman–Crippen MR) is 93.6 cm³/mol. The maximum Gasteiger partial charge on any atom is 0.248 e. The van der Waals surface area contributed by atoms with E-state index in [2.05, 4.69) is 40.8 Å². The van der Waals surface area contributed by atoms with E-state index in [0.717, 1.165) is 19.4 Å². The van der Waals surface area contributed by atoms with Gasteiger partial charge in [0.15, 0.2) is 0 Å². The van der Waals surface area contributed by atoms with Gasteiger partial charge in [-0.3, -0.25) is 9.59 Å². The van der Waals surface area contributed by atoms with Crippen LogP contribution in [0.1, 0.15) is 50.0 Å². The molecule has 5 nitrogen and oxygen atoms in total. The van der Waals surface area contributed by atoms with Crippen molar-refractivity contribution in [3.63, 3.8) is 0 Å². The summed E-state index contributed by atoms with van der Waals surface area (Å²) in [6.07, 6.45) is 5.19. The lowest BCUT2D eigenvalue weighted by Crippen LogP contribution is -2.32. The molecule has 24 heavy (non-hydrogen) atoms. The molecule has 3 rings (SSSR count). The molecule has 1 aliphatic carbocycles. The zero-order valence-corrected chi connectivity index (χ0v) is 14.2. The first kappa shape index (κ1) is 16.7. The topological polar surface area (TPSA) is 61.8 Å². The number of nitrogens with zero attached hydrogens (tertiary/aromatic N) is 2. The van der Waals surface area contributed by atoms with Crippen LogP contribution in [0.25, 0.3) is 0 Å². The highest BCUT2D eigenvalue weighted by molar-refractivity contribution is 6.11. The number of hydrogen-bond acceptors (Lipinski definition) is 3. The van der Waals surface area contributed by atoms with Gasteiger partial charge in [-0.05, 0) is 43.1 Å². The third-order valence-electron chi connectivity index (χ3n) is 5.08. The number of rotatable bonds is 5. The molecule has 0 saturated heterocycles. The SMILES string of the molecule is CN1N=C(CC(=O)NCC2CCC(c3ccccc3)CC2)CC1=O. The molecule has 0 aromatic heterocycles. The minimum atomic E-state index is -0.0444. The molecular weight excluding hydrogens is 302 g/mol. The Kier molecular flexibility index (Phi) is 5.28. The molecular formula is C19H25N3O2. The normalized spacial score (nSPS) is 24.0. The summed E-state index contributed by atoms with van der Waals surface area (Å²) in [6, 6.07) is 10.7. The number of amides is 2. The molecule has 0 spiro atoms. The number of hydrogen-bond donors (Lipinski definition) is 1. The van der Waals surface area contributed by atoms with Crippen molar-refractivity contribution in [3.05, 3.63) is 35.9 Å². The van der Waals surface area contributed by atoms with Crippen molar-refractivity contribution in [2.24, 2.45) is 11.0 Å². The van der Waals surface area contributed by atoms with Gasteiger partial charge in [0.1, 0.15) is 0 Å². The van der Waals surface area contributed by atoms with Crippen LogP contribution in [0.5, 0.6) is 0 Å². The van der Waals surface area contributed by atoms with E-state index < -0.39 is 0 Å². The molecule has 2 aliphatic rings. The Hall–Kier alpha value is -2.17. The summed E-state index contributed by atoms with van der Waals surface area (Å²) in [6.45, 7) is 0.734. The summed E-state index contributed by atoms with van der Waals surface area (Å²) in [5, 5.41) is 8.41. The predicted octanol–water partition coefficient (Wildman–Crippen LogP) is 2.68. The van der Waals surface area contributed by atoms with E-state index in [9.17, 15) is 9.59 Å². The zero-order valence-electron chi connectivity index (χ0n) is 14.2. The number of benzene rings is 1. The highest BCUT2D eigenvalue weighted by Crippen LogP contribution is 2.35. The summed E-state index contributed by atoms with van der Waals surface area (Å²) in [5.74, 6) is 1.15. The van der Waals surface area contributed by atoms with Crippen LogP contribution in [0.3, 0.4) is 0 Å². The van der Waals surface area contributed by atoms with Crippen LogP contribution >= 0.6 is 0 Å². The third-order valence-corrected chi connectivity index (χ3v) is 5.08. The summed E-state index contributed by atoms with van der Waals surface area (Å²) in [5.41, 5.74) is 2.10. The van der Waals surface area contributed by atoms with E-state index in [-0.39, 0.29) is 24.7 Å². The molecule has 1 heterocycles. The van der Waals surface area contributed by atoms with E-state index in [4.69, 9.17) is 0 Å². The second-order valence-corrected chi connectivity index (χ2v) is 6.87. The smallest absolute Gasteiger partial charge is 0.248 e. The molecule has 0 atom stereocenters. The van der Waals surface area contributed by atoms with Crippen molar-refractivity contribution in [1.82, 2.24) is 10.3 Å². The van der Waals surface area contributed by atoms with Gasteiger partial charge in [0, 0.05) is 13.6 Å². The molecule has 5 heteroatoms. The monoisotopic (exact) mass is 327 g/mol. The number of hydrazone groups is 1. The summed E-state index contributed by atoms with van der Waals surface area (Å²) < 4.78 is 0. The maximum atomic E-state index is 12.0. The molecule has 0 bridgehead atoms. The number of carbonyl (C=O) groups excluding carboxylic acids is 2. The maximum absolute atomic E-state index is 12.0. The Morgan fingerprint density at radius 2 is 1.92 bits per heavy atom. The van der Waals surface area contributed by atoms with Gasteiger partial charge in [0.25, 0.3) is 0 Å². The van der Waals surface area contributed by atoms with Gasteiger partial charge in [-0.25, -0.2) is 5.01 Å². The van der Waals surface area contributed by atoms with E-state index in [0.29, 0.717) is 17.5 Å². The summed E-state index contributed by atoms with van der Waals surface area (Å²) in [4.78, 5) is 23.4. The van der Waals surface area contributed by atoms with E-state index in [1.165, 1.54) is 23.4 Å². The molecule has 1 fully saturated rings. The Balaban J connectivity index is 1.38. The van der Waals surface area contributed by atoms with E-state index >= 15 is 0 Å². The Labute approximate surface area is 143 Å². The third kappa shape index (κ3) is 4.22. The molecule has 128 valence electrons. The van der Waals surface area contributed by atoms with Gasteiger partial charge in [-0.2, -0.15) is 5.10 Å². The number of carbonyl (C=O) groups is 2. The minimum absolute atomic E-state index is 0.0259. The largest absolute Gasteiger partial charge is 0.355 e. The van der Waals surface area contributed by atoms with Gasteiger partial charge in [0.2, 0.25) is 11.8 Å². The fraction of sp³-hybridized carbons (Fsp3) is 0.526. The van der Waals surface area contributed by atoms with Crippen molar-refractivity contribution in [1.29, 1.82) is 0 Å². The molecule has 1 aromatic rings. The average molecular weight is 327 g/mol. The van der Waals surface area contributed by atoms with Gasteiger partial charge in [-0.1, -0.05) is 30.3 Å². The van der Waals surface area contributed by atoms with Crippen molar-refractivity contribution in [3.8, 4) is 0 Å². The standard InChI is InChI=1S/C19H25N3O2/c1-22-19(24)12-17(21-22)11-18(23)20-13-14-7-9-16(10-8-14)15-5-3-2-4-6-15/h2-6,14,16H,7-13H2,1H3,(H,20,23).